The molecule has 0 aromatic carbocycles. The molecule has 5 heteroatoms. The first kappa shape index (κ1) is 18.2. The third-order valence-electron chi connectivity index (χ3n) is 3.61. The fraction of sp³-hybridized carbons (Fsp3) is 0.938. The normalized spacial score (nSPS) is 19.2. The predicted octanol–water partition coefficient (Wildman–Crippen LogP) is 2.03. The molecule has 124 valence electrons. The zero-order valence-electron chi connectivity index (χ0n) is 14.0. The molecule has 1 atom stereocenters. The quantitative estimate of drug-likeness (QED) is 0.368. The number of rotatable bonds is 10. The summed E-state index contributed by atoms with van der Waals surface area (Å²) < 4.78 is 11.0. The zero-order valence-corrected chi connectivity index (χ0v) is 14.0. The SMILES string of the molecule is CN=C(NCCCOCC1CCOC1)NCCCC(C)C. The minimum absolute atomic E-state index is 0.605. The van der Waals surface area contributed by atoms with Crippen LogP contribution < -0.4 is 10.6 Å². The summed E-state index contributed by atoms with van der Waals surface area (Å²) in [5.41, 5.74) is 0. The van der Waals surface area contributed by atoms with Crippen LogP contribution in [0.4, 0.5) is 0 Å². The molecule has 0 spiro atoms. The van der Waals surface area contributed by atoms with Crippen LogP contribution in [-0.2, 0) is 9.47 Å². The molecule has 1 fully saturated rings. The van der Waals surface area contributed by atoms with Crippen LogP contribution in [0, 0.1) is 11.8 Å². The lowest BCUT2D eigenvalue weighted by Gasteiger charge is -2.13. The molecule has 0 radical (unpaired) electrons. The maximum Gasteiger partial charge on any atom is 0.190 e. The molecule has 0 aromatic rings. The standard InChI is InChI=1S/C16H33N3O2/c1-14(2)6-4-8-18-16(17-3)19-9-5-10-20-12-15-7-11-21-13-15/h14-15H,4-13H2,1-3H3,(H2,17,18,19). The molecule has 1 unspecified atom stereocenters. The molecular formula is C16H33N3O2. The van der Waals surface area contributed by atoms with Crippen LogP contribution in [0.5, 0.6) is 0 Å². The molecule has 0 amide bonds. The van der Waals surface area contributed by atoms with Gasteiger partial charge in [-0.25, -0.2) is 0 Å². The van der Waals surface area contributed by atoms with Gasteiger partial charge in [-0.2, -0.15) is 0 Å². The summed E-state index contributed by atoms with van der Waals surface area (Å²) >= 11 is 0. The fourth-order valence-electron chi connectivity index (χ4n) is 2.28. The van der Waals surface area contributed by atoms with E-state index < -0.39 is 0 Å². The van der Waals surface area contributed by atoms with E-state index in [9.17, 15) is 0 Å². The van der Waals surface area contributed by atoms with Crippen molar-refractivity contribution in [2.24, 2.45) is 16.8 Å². The van der Waals surface area contributed by atoms with Gasteiger partial charge in [-0.3, -0.25) is 4.99 Å². The number of hydrogen-bond acceptors (Lipinski definition) is 3. The number of ether oxygens (including phenoxy) is 2. The van der Waals surface area contributed by atoms with Gasteiger partial charge in [-0.05, 0) is 31.6 Å². The molecule has 1 saturated heterocycles. The van der Waals surface area contributed by atoms with Crippen LogP contribution in [0.3, 0.4) is 0 Å². The van der Waals surface area contributed by atoms with Crippen molar-refractivity contribution >= 4 is 5.96 Å². The number of nitrogens with zero attached hydrogens (tertiary/aromatic N) is 1. The number of aliphatic imine (C=N–C) groups is 1. The van der Waals surface area contributed by atoms with Crippen LogP contribution in [0.2, 0.25) is 0 Å². The molecule has 0 bridgehead atoms. The summed E-state index contributed by atoms with van der Waals surface area (Å²) in [4.78, 5) is 4.22. The Balaban J connectivity index is 1.91. The second-order valence-electron chi connectivity index (χ2n) is 6.12. The topological polar surface area (TPSA) is 54.9 Å². The number of hydrogen-bond donors (Lipinski definition) is 2. The predicted molar refractivity (Wildman–Crippen MR) is 87.8 cm³/mol. The lowest BCUT2D eigenvalue weighted by Crippen LogP contribution is -2.38. The lowest BCUT2D eigenvalue weighted by atomic mass is 10.1. The second-order valence-corrected chi connectivity index (χ2v) is 6.12. The number of nitrogens with one attached hydrogen (secondary N) is 2. The van der Waals surface area contributed by atoms with Gasteiger partial charge in [0.25, 0.3) is 0 Å². The van der Waals surface area contributed by atoms with Crippen molar-refractivity contribution in [3.05, 3.63) is 0 Å². The molecule has 1 aliphatic heterocycles. The minimum atomic E-state index is 0.605. The van der Waals surface area contributed by atoms with E-state index >= 15 is 0 Å². The summed E-state index contributed by atoms with van der Waals surface area (Å²) in [6.07, 6.45) is 4.58. The summed E-state index contributed by atoms with van der Waals surface area (Å²) in [6.45, 7) is 9.78. The van der Waals surface area contributed by atoms with E-state index in [-0.39, 0.29) is 0 Å². The van der Waals surface area contributed by atoms with Crippen LogP contribution in [0.1, 0.15) is 39.5 Å². The Hall–Kier alpha value is -0.810. The van der Waals surface area contributed by atoms with Gasteiger partial charge < -0.3 is 20.1 Å². The van der Waals surface area contributed by atoms with Gasteiger partial charge in [0.1, 0.15) is 0 Å². The molecule has 1 aliphatic rings. The molecule has 2 N–H and O–H groups in total. The molecule has 1 rings (SSSR count). The first-order valence-electron chi connectivity index (χ1n) is 8.32. The van der Waals surface area contributed by atoms with Gasteiger partial charge in [0.05, 0.1) is 13.2 Å². The zero-order chi connectivity index (χ0) is 15.3. The Labute approximate surface area is 129 Å². The monoisotopic (exact) mass is 299 g/mol. The Bertz CT molecular complexity index is 277. The van der Waals surface area contributed by atoms with E-state index in [1.54, 1.807) is 0 Å². The van der Waals surface area contributed by atoms with Gasteiger partial charge in [0.15, 0.2) is 5.96 Å². The maximum absolute atomic E-state index is 5.68. The first-order valence-corrected chi connectivity index (χ1v) is 8.32. The van der Waals surface area contributed by atoms with E-state index in [4.69, 9.17) is 9.47 Å². The van der Waals surface area contributed by atoms with Gasteiger partial charge in [0.2, 0.25) is 0 Å². The summed E-state index contributed by atoms with van der Waals surface area (Å²) in [5.74, 6) is 2.26. The Kier molecular flexibility index (Phi) is 10.3. The molecule has 5 nitrogen and oxygen atoms in total. The summed E-state index contributed by atoms with van der Waals surface area (Å²) in [6, 6.07) is 0. The highest BCUT2D eigenvalue weighted by atomic mass is 16.5. The largest absolute Gasteiger partial charge is 0.381 e. The van der Waals surface area contributed by atoms with Crippen molar-refractivity contribution in [1.82, 2.24) is 10.6 Å². The second kappa shape index (κ2) is 11.8. The van der Waals surface area contributed by atoms with Crippen molar-refractivity contribution in [2.75, 3.05) is 46.6 Å². The van der Waals surface area contributed by atoms with E-state index in [0.29, 0.717) is 5.92 Å². The van der Waals surface area contributed by atoms with Crippen LogP contribution in [-0.4, -0.2) is 52.5 Å². The summed E-state index contributed by atoms with van der Waals surface area (Å²) in [7, 11) is 1.81. The molecular weight excluding hydrogens is 266 g/mol. The molecule has 0 aliphatic carbocycles. The van der Waals surface area contributed by atoms with Crippen molar-refractivity contribution in [3.8, 4) is 0 Å². The third-order valence-corrected chi connectivity index (χ3v) is 3.61. The van der Waals surface area contributed by atoms with Gasteiger partial charge in [0, 0.05) is 39.3 Å². The van der Waals surface area contributed by atoms with Gasteiger partial charge in [-0.15, -0.1) is 0 Å². The molecule has 1 heterocycles. The average Bonchev–Trinajstić information content (AvgIpc) is 2.97. The smallest absolute Gasteiger partial charge is 0.190 e. The molecule has 21 heavy (non-hydrogen) atoms. The van der Waals surface area contributed by atoms with Gasteiger partial charge in [-0.1, -0.05) is 13.8 Å². The fourth-order valence-corrected chi connectivity index (χ4v) is 2.28. The Morgan fingerprint density at radius 3 is 2.67 bits per heavy atom. The van der Waals surface area contributed by atoms with Gasteiger partial charge >= 0.3 is 0 Å². The third kappa shape index (κ3) is 9.69. The van der Waals surface area contributed by atoms with Crippen molar-refractivity contribution < 1.29 is 9.47 Å². The van der Waals surface area contributed by atoms with E-state index in [1.165, 1.54) is 12.8 Å². The number of guanidine groups is 1. The highest BCUT2D eigenvalue weighted by Crippen LogP contribution is 2.12. The van der Waals surface area contributed by atoms with Crippen molar-refractivity contribution in [3.63, 3.8) is 0 Å². The highest BCUT2D eigenvalue weighted by Gasteiger charge is 2.15. The van der Waals surface area contributed by atoms with E-state index in [0.717, 1.165) is 64.2 Å². The minimum Gasteiger partial charge on any atom is -0.381 e. The van der Waals surface area contributed by atoms with E-state index in [2.05, 4.69) is 29.5 Å². The Morgan fingerprint density at radius 2 is 2.05 bits per heavy atom. The van der Waals surface area contributed by atoms with Crippen LogP contribution in [0.15, 0.2) is 4.99 Å². The molecule has 0 aromatic heterocycles. The van der Waals surface area contributed by atoms with Crippen molar-refractivity contribution in [2.45, 2.75) is 39.5 Å². The van der Waals surface area contributed by atoms with Crippen LogP contribution in [0.25, 0.3) is 0 Å². The average molecular weight is 299 g/mol. The summed E-state index contributed by atoms with van der Waals surface area (Å²) in [5, 5.41) is 6.66. The van der Waals surface area contributed by atoms with E-state index in [1.807, 2.05) is 7.05 Å². The first-order chi connectivity index (χ1) is 10.2. The van der Waals surface area contributed by atoms with Crippen LogP contribution >= 0.6 is 0 Å². The highest BCUT2D eigenvalue weighted by molar-refractivity contribution is 5.79. The molecule has 0 saturated carbocycles. The maximum atomic E-state index is 5.68. The lowest BCUT2D eigenvalue weighted by molar-refractivity contribution is 0.0888. The van der Waals surface area contributed by atoms with Crippen molar-refractivity contribution in [1.29, 1.82) is 0 Å². The Morgan fingerprint density at radius 1 is 1.29 bits per heavy atom.